The normalized spacial score (nSPS) is 12.2. The molecule has 42 heavy (non-hydrogen) atoms. The summed E-state index contributed by atoms with van der Waals surface area (Å²) in [5, 5.41) is 2.86. The van der Waals surface area contributed by atoms with E-state index in [1.807, 2.05) is 80.8 Å². The molecular weight excluding hydrogens is 569 g/mol. The molecule has 0 aliphatic carbocycles. The average molecular weight is 611 g/mol. The first-order valence-corrected chi connectivity index (χ1v) is 17.3. The predicted octanol–water partition coefficient (Wildman–Crippen LogP) is 5.86. The first-order chi connectivity index (χ1) is 20.2. The highest BCUT2D eigenvalue weighted by Gasteiger charge is 2.25. The van der Waals surface area contributed by atoms with Gasteiger partial charge in [-0.15, -0.1) is 0 Å². The summed E-state index contributed by atoms with van der Waals surface area (Å²) in [6.45, 7) is 4.50. The molecule has 7 nitrogen and oxygen atoms in total. The molecule has 3 aromatic carbocycles. The Morgan fingerprint density at radius 2 is 1.69 bits per heavy atom. The molecule has 1 atom stereocenters. The van der Waals surface area contributed by atoms with Gasteiger partial charge in [0.2, 0.25) is 10.0 Å². The zero-order valence-corrected chi connectivity index (χ0v) is 26.6. The van der Waals surface area contributed by atoms with Gasteiger partial charge in [0.1, 0.15) is 6.04 Å². The van der Waals surface area contributed by atoms with Gasteiger partial charge in [0, 0.05) is 18.7 Å². The smallest absolute Gasteiger partial charge is 0.328 e. The van der Waals surface area contributed by atoms with Crippen LogP contribution in [0.3, 0.4) is 0 Å². The van der Waals surface area contributed by atoms with E-state index in [0.717, 1.165) is 28.7 Å². The minimum absolute atomic E-state index is 0.0917. The summed E-state index contributed by atoms with van der Waals surface area (Å²) in [5.41, 5.74) is 4.80. The number of unbranched alkanes of at least 4 members (excludes halogenated alkanes) is 1. The maximum atomic E-state index is 13.6. The van der Waals surface area contributed by atoms with Crippen molar-refractivity contribution in [1.82, 2.24) is 9.62 Å². The molecule has 1 N–H and O–H groups in total. The largest absolute Gasteiger partial charge is 0.467 e. The lowest BCUT2D eigenvalue weighted by atomic mass is 9.93. The molecule has 0 unspecified atom stereocenters. The number of ether oxygens (including phenoxy) is 1. The number of sulfonamides is 1. The number of amides is 1. The summed E-state index contributed by atoms with van der Waals surface area (Å²) in [4.78, 5) is 26.0. The van der Waals surface area contributed by atoms with Crippen molar-refractivity contribution < 1.29 is 22.7 Å². The van der Waals surface area contributed by atoms with Gasteiger partial charge in [0.15, 0.2) is 0 Å². The fourth-order valence-corrected chi connectivity index (χ4v) is 6.82. The fraction of sp³-hybridized carbons (Fsp3) is 0.394. The molecule has 1 amide bonds. The van der Waals surface area contributed by atoms with Crippen molar-refractivity contribution in [1.29, 1.82) is 0 Å². The first kappa shape index (κ1) is 33.4. The number of hydrogen-bond acceptors (Lipinski definition) is 6. The maximum absolute atomic E-state index is 13.6. The molecule has 0 saturated heterocycles. The predicted molar refractivity (Wildman–Crippen MR) is 172 cm³/mol. The van der Waals surface area contributed by atoms with Crippen molar-refractivity contribution in [2.75, 3.05) is 31.4 Å². The van der Waals surface area contributed by atoms with E-state index in [-0.39, 0.29) is 18.2 Å². The summed E-state index contributed by atoms with van der Waals surface area (Å²) in [5.74, 6) is -0.0887. The van der Waals surface area contributed by atoms with Crippen LogP contribution in [0, 0.1) is 6.92 Å². The lowest BCUT2D eigenvalue weighted by Gasteiger charge is -2.23. The van der Waals surface area contributed by atoms with Crippen molar-refractivity contribution in [3.05, 3.63) is 95.1 Å². The number of thioether (sulfide) groups is 1. The number of methoxy groups -OCH3 is 1. The second-order valence-electron chi connectivity index (χ2n) is 10.3. The minimum Gasteiger partial charge on any atom is -0.467 e. The van der Waals surface area contributed by atoms with Crippen LogP contribution in [0.25, 0.3) is 11.1 Å². The topological polar surface area (TPSA) is 92.8 Å². The Balaban J connectivity index is 1.99. The second kappa shape index (κ2) is 16.5. The van der Waals surface area contributed by atoms with Gasteiger partial charge in [-0.05, 0) is 78.1 Å². The van der Waals surface area contributed by atoms with Gasteiger partial charge < -0.3 is 10.1 Å². The quantitative estimate of drug-likeness (QED) is 0.204. The third kappa shape index (κ3) is 9.44. The van der Waals surface area contributed by atoms with Gasteiger partial charge in [-0.2, -0.15) is 16.1 Å². The van der Waals surface area contributed by atoms with Crippen LogP contribution in [0.2, 0.25) is 0 Å². The SMILES string of the molecule is CCCCS(=O)(=O)N(CCc1ccccc1)Cc1ccc(C(=O)N[C@@H](CCSC)C(=O)OC)c(-c2ccccc2C)c1. The van der Waals surface area contributed by atoms with Crippen LogP contribution >= 0.6 is 11.8 Å². The molecule has 3 aromatic rings. The highest BCUT2D eigenvalue weighted by molar-refractivity contribution is 7.98. The number of esters is 1. The van der Waals surface area contributed by atoms with Gasteiger partial charge in [-0.3, -0.25) is 4.79 Å². The van der Waals surface area contributed by atoms with Crippen molar-refractivity contribution in [2.45, 2.75) is 52.1 Å². The summed E-state index contributed by atoms with van der Waals surface area (Å²) >= 11 is 1.59. The Labute approximate surface area is 255 Å². The highest BCUT2D eigenvalue weighted by atomic mass is 32.2. The number of rotatable bonds is 16. The van der Waals surface area contributed by atoms with Gasteiger partial charge in [0.25, 0.3) is 5.91 Å². The zero-order valence-electron chi connectivity index (χ0n) is 25.0. The van der Waals surface area contributed by atoms with E-state index in [1.165, 1.54) is 7.11 Å². The number of aryl methyl sites for hydroxylation is 1. The fourth-order valence-electron chi connectivity index (χ4n) is 4.72. The van der Waals surface area contributed by atoms with Crippen molar-refractivity contribution in [3.63, 3.8) is 0 Å². The van der Waals surface area contributed by atoms with Crippen molar-refractivity contribution in [2.24, 2.45) is 0 Å². The van der Waals surface area contributed by atoms with E-state index < -0.39 is 22.0 Å². The Hall–Kier alpha value is -3.14. The number of carbonyl (C=O) groups is 2. The van der Waals surface area contributed by atoms with Crippen molar-refractivity contribution in [3.8, 4) is 11.1 Å². The molecule has 0 aromatic heterocycles. The van der Waals surface area contributed by atoms with E-state index in [4.69, 9.17) is 4.74 Å². The average Bonchev–Trinajstić information content (AvgIpc) is 3.00. The summed E-state index contributed by atoms with van der Waals surface area (Å²) < 4.78 is 33.3. The Morgan fingerprint density at radius 3 is 2.36 bits per heavy atom. The Kier molecular flexibility index (Phi) is 13.1. The third-order valence-electron chi connectivity index (χ3n) is 7.17. The molecule has 0 radical (unpaired) electrons. The van der Waals surface area contributed by atoms with E-state index in [1.54, 1.807) is 28.2 Å². The number of carbonyl (C=O) groups excluding carboxylic acids is 2. The molecule has 0 saturated carbocycles. The number of nitrogens with one attached hydrogen (secondary N) is 1. The lowest BCUT2D eigenvalue weighted by Crippen LogP contribution is -2.42. The zero-order chi connectivity index (χ0) is 30.5. The molecule has 0 bridgehead atoms. The van der Waals surface area contributed by atoms with Gasteiger partial charge >= 0.3 is 5.97 Å². The summed E-state index contributed by atoms with van der Waals surface area (Å²) in [6.07, 6.45) is 4.37. The van der Waals surface area contributed by atoms with Crippen LogP contribution in [0.4, 0.5) is 0 Å². The van der Waals surface area contributed by atoms with Crippen LogP contribution in [0.15, 0.2) is 72.8 Å². The van der Waals surface area contributed by atoms with E-state index in [2.05, 4.69) is 5.32 Å². The maximum Gasteiger partial charge on any atom is 0.328 e. The molecule has 226 valence electrons. The molecule has 0 heterocycles. The molecule has 0 spiro atoms. The van der Waals surface area contributed by atoms with E-state index in [9.17, 15) is 18.0 Å². The molecule has 9 heteroatoms. The van der Waals surface area contributed by atoms with E-state index >= 15 is 0 Å². The van der Waals surface area contributed by atoms with Crippen LogP contribution in [0.1, 0.15) is 53.2 Å². The second-order valence-corrected chi connectivity index (χ2v) is 13.3. The summed E-state index contributed by atoms with van der Waals surface area (Å²) in [6, 6.07) is 22.3. The number of benzene rings is 3. The molecule has 0 aliphatic heterocycles. The van der Waals surface area contributed by atoms with Gasteiger partial charge in [0.05, 0.1) is 12.9 Å². The lowest BCUT2D eigenvalue weighted by molar-refractivity contribution is -0.142. The molecule has 3 rings (SSSR count). The van der Waals surface area contributed by atoms with Crippen LogP contribution in [-0.4, -0.2) is 62.1 Å². The summed E-state index contributed by atoms with van der Waals surface area (Å²) in [7, 11) is -2.19. The third-order valence-corrected chi connectivity index (χ3v) is 9.71. The first-order valence-electron chi connectivity index (χ1n) is 14.3. The van der Waals surface area contributed by atoms with Crippen LogP contribution in [-0.2, 0) is 32.5 Å². The van der Waals surface area contributed by atoms with Gasteiger partial charge in [-0.1, -0.05) is 74.0 Å². The number of hydrogen-bond donors (Lipinski definition) is 1. The minimum atomic E-state index is -3.50. The molecule has 0 aliphatic rings. The Morgan fingerprint density at radius 1 is 0.976 bits per heavy atom. The standard InChI is InChI=1S/C33H42N2O5S2/c1-5-6-22-42(38,39)35(20-18-26-13-8-7-9-14-26)24-27-16-17-29(30(23-27)28-15-11-10-12-25(28)2)32(36)34-31(19-21-41-4)33(37)40-3/h7-17,23,31H,5-6,18-22,24H2,1-4H3,(H,34,36)/t31-/m0/s1. The van der Waals surface area contributed by atoms with Gasteiger partial charge in [-0.25, -0.2) is 13.2 Å². The number of nitrogens with zero attached hydrogens (tertiary/aromatic N) is 1. The van der Waals surface area contributed by atoms with Crippen molar-refractivity contribution >= 4 is 33.7 Å². The monoisotopic (exact) mass is 610 g/mol. The van der Waals surface area contributed by atoms with Crippen LogP contribution in [0.5, 0.6) is 0 Å². The highest BCUT2D eigenvalue weighted by Crippen LogP contribution is 2.29. The molecular formula is C33H42N2O5S2. The van der Waals surface area contributed by atoms with E-state index in [0.29, 0.717) is 42.7 Å². The molecule has 0 fully saturated rings. The Bertz CT molecular complexity index is 1430. The van der Waals surface area contributed by atoms with Crippen LogP contribution < -0.4 is 5.32 Å².